The molecule has 0 saturated heterocycles. The number of nitrogens with one attached hydrogen (secondary N) is 1. The number of aryl methyl sites for hydroxylation is 1. The Labute approximate surface area is 141 Å². The van der Waals surface area contributed by atoms with Crippen LogP contribution in [-0.4, -0.2) is 22.8 Å². The van der Waals surface area contributed by atoms with Gasteiger partial charge in [-0.05, 0) is 43.9 Å². The van der Waals surface area contributed by atoms with E-state index in [-0.39, 0.29) is 28.6 Å². The van der Waals surface area contributed by atoms with E-state index in [1.807, 2.05) is 32.0 Å². The quantitative estimate of drug-likeness (QED) is 0.855. The predicted molar refractivity (Wildman–Crippen MR) is 91.1 cm³/mol. The second-order valence-corrected chi connectivity index (χ2v) is 6.71. The molecular formula is C18H21ClN2O2. The molecule has 122 valence electrons. The first-order valence-electron chi connectivity index (χ1n) is 8.11. The van der Waals surface area contributed by atoms with Crippen LogP contribution in [0.1, 0.15) is 43.2 Å². The summed E-state index contributed by atoms with van der Waals surface area (Å²) in [5.74, 6) is -0.663. The van der Waals surface area contributed by atoms with E-state index < -0.39 is 0 Å². The third-order valence-corrected chi connectivity index (χ3v) is 5.21. The third-order valence-electron chi connectivity index (χ3n) is 4.86. The maximum absolute atomic E-state index is 12.7. The number of hydrogen-bond acceptors (Lipinski definition) is 3. The molecule has 1 aromatic rings. The van der Waals surface area contributed by atoms with Crippen molar-refractivity contribution in [3.8, 4) is 0 Å². The Bertz CT molecular complexity index is 690. The Hall–Kier alpha value is -1.81. The minimum atomic E-state index is -0.364. The summed E-state index contributed by atoms with van der Waals surface area (Å²) in [5, 5.41) is 3.09. The average molecular weight is 333 g/mol. The van der Waals surface area contributed by atoms with Gasteiger partial charge in [-0.2, -0.15) is 0 Å². The normalized spacial score (nSPS) is 19.7. The van der Waals surface area contributed by atoms with Crippen LogP contribution in [0.25, 0.3) is 0 Å². The van der Waals surface area contributed by atoms with Gasteiger partial charge < -0.3 is 5.32 Å². The molecule has 23 heavy (non-hydrogen) atoms. The van der Waals surface area contributed by atoms with E-state index in [1.54, 1.807) is 0 Å². The number of nitrogens with zero attached hydrogens (tertiary/aromatic N) is 1. The molecule has 0 atom stereocenters. The first-order chi connectivity index (χ1) is 11.0. The smallest absolute Gasteiger partial charge is 0.279 e. The third kappa shape index (κ3) is 2.88. The van der Waals surface area contributed by atoms with Crippen molar-refractivity contribution in [3.63, 3.8) is 0 Å². The molecule has 0 spiro atoms. The van der Waals surface area contributed by atoms with Crippen molar-refractivity contribution in [2.45, 2.75) is 52.0 Å². The number of hydrogen-bond donors (Lipinski definition) is 1. The van der Waals surface area contributed by atoms with Crippen molar-refractivity contribution in [2.75, 3.05) is 5.32 Å². The van der Waals surface area contributed by atoms with Gasteiger partial charge in [-0.1, -0.05) is 43.0 Å². The molecule has 1 N–H and O–H groups in total. The van der Waals surface area contributed by atoms with Crippen LogP contribution in [0.2, 0.25) is 0 Å². The summed E-state index contributed by atoms with van der Waals surface area (Å²) in [7, 11) is 0. The topological polar surface area (TPSA) is 49.4 Å². The highest BCUT2D eigenvalue weighted by Crippen LogP contribution is 2.32. The molecule has 1 saturated carbocycles. The maximum Gasteiger partial charge on any atom is 0.279 e. The fourth-order valence-corrected chi connectivity index (χ4v) is 3.54. The van der Waals surface area contributed by atoms with Crippen molar-refractivity contribution >= 4 is 29.1 Å². The lowest BCUT2D eigenvalue weighted by Gasteiger charge is -2.29. The van der Waals surface area contributed by atoms with E-state index in [0.717, 1.165) is 42.5 Å². The van der Waals surface area contributed by atoms with Crippen LogP contribution in [0, 0.1) is 13.8 Å². The van der Waals surface area contributed by atoms with Gasteiger partial charge in [0, 0.05) is 11.7 Å². The summed E-state index contributed by atoms with van der Waals surface area (Å²) in [6.07, 6.45) is 5.02. The van der Waals surface area contributed by atoms with Crippen LogP contribution >= 0.6 is 11.6 Å². The molecule has 1 aliphatic heterocycles. The molecule has 1 aromatic carbocycles. The molecule has 3 rings (SSSR count). The predicted octanol–water partition coefficient (Wildman–Crippen LogP) is 3.87. The van der Waals surface area contributed by atoms with Crippen LogP contribution in [0.3, 0.4) is 0 Å². The summed E-state index contributed by atoms with van der Waals surface area (Å²) in [4.78, 5) is 26.5. The maximum atomic E-state index is 12.7. The highest BCUT2D eigenvalue weighted by molar-refractivity contribution is 6.48. The molecule has 0 bridgehead atoms. The van der Waals surface area contributed by atoms with Crippen LogP contribution in [0.15, 0.2) is 28.9 Å². The van der Waals surface area contributed by atoms with E-state index in [2.05, 4.69) is 5.32 Å². The minimum Gasteiger partial charge on any atom is -0.349 e. The standard InChI is InChI=1S/C18H21ClN2O2/c1-11-7-6-10-14(12(11)2)20-16-15(19)17(22)21(18(16)23)13-8-4-3-5-9-13/h6-7,10,13,20H,3-5,8-9H2,1-2H3. The van der Waals surface area contributed by atoms with Crippen molar-refractivity contribution in [3.05, 3.63) is 40.1 Å². The van der Waals surface area contributed by atoms with Gasteiger partial charge in [-0.25, -0.2) is 0 Å². The van der Waals surface area contributed by atoms with Crippen LogP contribution in [0.5, 0.6) is 0 Å². The number of carbonyl (C=O) groups is 2. The van der Waals surface area contributed by atoms with Gasteiger partial charge in [-0.15, -0.1) is 0 Å². The van der Waals surface area contributed by atoms with Crippen molar-refractivity contribution in [1.29, 1.82) is 0 Å². The molecule has 1 fully saturated rings. The first kappa shape index (κ1) is 16.1. The first-order valence-corrected chi connectivity index (χ1v) is 8.49. The number of carbonyl (C=O) groups excluding carboxylic acids is 2. The molecule has 0 unspecified atom stereocenters. The molecule has 2 aliphatic rings. The Morgan fingerprint density at radius 3 is 2.48 bits per heavy atom. The summed E-state index contributed by atoms with van der Waals surface area (Å²) in [5.41, 5.74) is 3.18. The minimum absolute atomic E-state index is 0.00137. The van der Waals surface area contributed by atoms with Gasteiger partial charge in [0.05, 0.1) is 0 Å². The highest BCUT2D eigenvalue weighted by atomic mass is 35.5. The van der Waals surface area contributed by atoms with Gasteiger partial charge in [0.25, 0.3) is 11.8 Å². The van der Waals surface area contributed by atoms with Crippen LogP contribution in [-0.2, 0) is 9.59 Å². The fourth-order valence-electron chi connectivity index (χ4n) is 3.32. The molecule has 0 aromatic heterocycles. The summed E-state index contributed by atoms with van der Waals surface area (Å²) in [6.45, 7) is 3.98. The molecule has 1 heterocycles. The molecule has 0 radical (unpaired) electrons. The lowest BCUT2D eigenvalue weighted by atomic mass is 9.94. The van der Waals surface area contributed by atoms with Crippen LogP contribution in [0.4, 0.5) is 5.69 Å². The van der Waals surface area contributed by atoms with Gasteiger partial charge >= 0.3 is 0 Å². The molecule has 5 heteroatoms. The summed E-state index contributed by atoms with van der Waals surface area (Å²) >= 11 is 6.18. The van der Waals surface area contributed by atoms with Gasteiger partial charge in [-0.3, -0.25) is 14.5 Å². The Balaban J connectivity index is 1.86. The molecule has 4 nitrogen and oxygen atoms in total. The largest absolute Gasteiger partial charge is 0.349 e. The van der Waals surface area contributed by atoms with Gasteiger partial charge in [0.1, 0.15) is 10.7 Å². The van der Waals surface area contributed by atoms with E-state index in [0.29, 0.717) is 0 Å². The number of benzene rings is 1. The van der Waals surface area contributed by atoms with E-state index in [9.17, 15) is 9.59 Å². The zero-order valence-corrected chi connectivity index (χ0v) is 14.2. The molecule has 1 aliphatic carbocycles. The number of imide groups is 1. The van der Waals surface area contributed by atoms with Gasteiger partial charge in [0.15, 0.2) is 0 Å². The van der Waals surface area contributed by atoms with E-state index >= 15 is 0 Å². The SMILES string of the molecule is Cc1cccc(NC2=C(Cl)C(=O)N(C3CCCCC3)C2=O)c1C. The lowest BCUT2D eigenvalue weighted by molar-refractivity contribution is -0.140. The zero-order chi connectivity index (χ0) is 16.6. The van der Waals surface area contributed by atoms with E-state index in [1.165, 1.54) is 11.3 Å². The number of rotatable bonds is 3. The van der Waals surface area contributed by atoms with E-state index in [4.69, 9.17) is 11.6 Å². The number of anilines is 1. The summed E-state index contributed by atoms with van der Waals surface area (Å²) < 4.78 is 0. The highest BCUT2D eigenvalue weighted by Gasteiger charge is 2.42. The van der Waals surface area contributed by atoms with Crippen molar-refractivity contribution in [1.82, 2.24) is 4.90 Å². The van der Waals surface area contributed by atoms with Crippen molar-refractivity contribution < 1.29 is 9.59 Å². The van der Waals surface area contributed by atoms with Crippen LogP contribution < -0.4 is 5.32 Å². The number of amides is 2. The monoisotopic (exact) mass is 332 g/mol. The molecule has 2 amide bonds. The fraction of sp³-hybridized carbons (Fsp3) is 0.444. The van der Waals surface area contributed by atoms with Gasteiger partial charge in [0.2, 0.25) is 0 Å². The Morgan fingerprint density at radius 1 is 1.09 bits per heavy atom. The zero-order valence-electron chi connectivity index (χ0n) is 13.5. The Morgan fingerprint density at radius 2 is 1.78 bits per heavy atom. The lowest BCUT2D eigenvalue weighted by Crippen LogP contribution is -2.42. The summed E-state index contributed by atoms with van der Waals surface area (Å²) in [6, 6.07) is 5.79. The molecular weight excluding hydrogens is 312 g/mol. The number of halogens is 1. The van der Waals surface area contributed by atoms with Crippen molar-refractivity contribution in [2.24, 2.45) is 0 Å². The average Bonchev–Trinajstić information content (AvgIpc) is 2.76. The Kier molecular flexibility index (Phi) is 4.44. The second-order valence-electron chi connectivity index (χ2n) is 6.33. The second kappa shape index (κ2) is 6.36.